The van der Waals surface area contributed by atoms with Gasteiger partial charge in [-0.3, -0.25) is 4.79 Å². The van der Waals surface area contributed by atoms with Crippen LogP contribution in [0.1, 0.15) is 17.3 Å². The first-order chi connectivity index (χ1) is 11.9. The Morgan fingerprint density at radius 1 is 1.16 bits per heavy atom. The van der Waals surface area contributed by atoms with Crippen molar-refractivity contribution >= 4 is 15.7 Å². The lowest BCUT2D eigenvalue weighted by Gasteiger charge is -2.08. The van der Waals surface area contributed by atoms with Crippen LogP contribution in [0.5, 0.6) is 5.75 Å². The summed E-state index contributed by atoms with van der Waals surface area (Å²) in [7, 11) is -1.74. The number of ether oxygens (including phenoxy) is 1. The number of hydrogen-bond acceptors (Lipinski definition) is 4. The molecule has 2 rings (SSSR count). The summed E-state index contributed by atoms with van der Waals surface area (Å²) < 4.78 is 41.6. The maximum Gasteiger partial charge on any atom is 0.251 e. The van der Waals surface area contributed by atoms with E-state index in [0.717, 1.165) is 0 Å². The van der Waals surface area contributed by atoms with Crippen molar-refractivity contribution in [2.75, 3.05) is 25.2 Å². The lowest BCUT2D eigenvalue weighted by Crippen LogP contribution is -2.29. The first-order valence-corrected chi connectivity index (χ1v) is 9.61. The normalized spacial score (nSPS) is 11.2. The van der Waals surface area contributed by atoms with Crippen LogP contribution in [0.25, 0.3) is 11.1 Å². The number of carbonyl (C=O) groups excluding carboxylic acids is 1. The third-order valence-electron chi connectivity index (χ3n) is 3.75. The fraction of sp³-hybridized carbons (Fsp3) is 0.278. The Morgan fingerprint density at radius 3 is 2.52 bits per heavy atom. The van der Waals surface area contributed by atoms with E-state index in [0.29, 0.717) is 16.7 Å². The molecule has 0 saturated carbocycles. The highest BCUT2D eigenvalue weighted by Crippen LogP contribution is 2.26. The van der Waals surface area contributed by atoms with Crippen molar-refractivity contribution in [1.82, 2.24) is 5.32 Å². The van der Waals surface area contributed by atoms with Crippen LogP contribution in [0, 0.1) is 5.82 Å². The van der Waals surface area contributed by atoms with E-state index in [1.54, 1.807) is 37.3 Å². The van der Waals surface area contributed by atoms with Gasteiger partial charge in [-0.15, -0.1) is 0 Å². The van der Waals surface area contributed by atoms with Gasteiger partial charge in [-0.05, 0) is 35.4 Å². The highest BCUT2D eigenvalue weighted by atomic mass is 32.2. The number of hydrogen-bond donors (Lipinski definition) is 1. The molecule has 0 aromatic heterocycles. The molecule has 5 nitrogen and oxygen atoms in total. The third-order valence-corrected chi connectivity index (χ3v) is 5.45. The maximum atomic E-state index is 13.8. The van der Waals surface area contributed by atoms with Crippen molar-refractivity contribution < 1.29 is 22.3 Å². The Labute approximate surface area is 146 Å². The second kappa shape index (κ2) is 8.11. The molecule has 0 atom stereocenters. The lowest BCUT2D eigenvalue weighted by molar-refractivity contribution is 0.0956. The fourth-order valence-electron chi connectivity index (χ4n) is 2.25. The van der Waals surface area contributed by atoms with Gasteiger partial charge in [0.2, 0.25) is 0 Å². The van der Waals surface area contributed by atoms with Crippen molar-refractivity contribution in [2.24, 2.45) is 0 Å². The van der Waals surface area contributed by atoms with E-state index in [1.807, 2.05) is 0 Å². The highest BCUT2D eigenvalue weighted by molar-refractivity contribution is 7.91. The third kappa shape index (κ3) is 5.03. The molecule has 0 bridgehead atoms. The molecule has 0 unspecified atom stereocenters. The fourth-order valence-corrected chi connectivity index (χ4v) is 2.95. The molecular weight excluding hydrogens is 345 g/mol. The first-order valence-electron chi connectivity index (χ1n) is 7.79. The minimum atomic E-state index is -3.13. The molecule has 0 aliphatic carbocycles. The molecule has 0 aliphatic heterocycles. The molecule has 7 heteroatoms. The van der Waals surface area contributed by atoms with E-state index in [2.05, 4.69) is 5.32 Å². The molecular formula is C18H20FNO4S. The molecule has 0 aliphatic rings. The molecule has 0 heterocycles. The number of sulfone groups is 1. The van der Waals surface area contributed by atoms with E-state index in [1.165, 1.54) is 19.2 Å². The topological polar surface area (TPSA) is 72.5 Å². The highest BCUT2D eigenvalue weighted by Gasteiger charge is 2.11. The van der Waals surface area contributed by atoms with E-state index in [9.17, 15) is 17.6 Å². The van der Waals surface area contributed by atoms with Crippen LogP contribution in [-0.4, -0.2) is 39.5 Å². The number of nitrogens with one attached hydrogen (secondary N) is 1. The molecule has 1 N–H and O–H groups in total. The average Bonchev–Trinajstić information content (AvgIpc) is 2.61. The molecule has 0 saturated heterocycles. The van der Waals surface area contributed by atoms with Gasteiger partial charge in [0.1, 0.15) is 0 Å². The van der Waals surface area contributed by atoms with Gasteiger partial charge in [0.05, 0.1) is 12.9 Å². The van der Waals surface area contributed by atoms with Crippen molar-refractivity contribution in [1.29, 1.82) is 0 Å². The number of methoxy groups -OCH3 is 1. The summed E-state index contributed by atoms with van der Waals surface area (Å²) in [6, 6.07) is 11.3. The van der Waals surface area contributed by atoms with E-state index in [4.69, 9.17) is 4.74 Å². The Kier molecular flexibility index (Phi) is 6.14. The van der Waals surface area contributed by atoms with Gasteiger partial charge in [0.15, 0.2) is 21.4 Å². The van der Waals surface area contributed by atoms with Gasteiger partial charge in [-0.2, -0.15) is 0 Å². The molecule has 0 fully saturated rings. The summed E-state index contributed by atoms with van der Waals surface area (Å²) in [5, 5.41) is 2.59. The first kappa shape index (κ1) is 18.9. The molecule has 134 valence electrons. The SMILES string of the molecule is CCS(=O)(=O)CCNC(=O)c1cccc(-c2ccc(OC)c(F)c2)c1. The minimum absolute atomic E-state index is 0.0430. The van der Waals surface area contributed by atoms with E-state index in [-0.39, 0.29) is 29.7 Å². The average molecular weight is 365 g/mol. The number of rotatable bonds is 7. The van der Waals surface area contributed by atoms with Crippen molar-refractivity contribution in [3.63, 3.8) is 0 Å². The summed E-state index contributed by atoms with van der Waals surface area (Å²) in [5.74, 6) is -0.767. The number of carbonyl (C=O) groups is 1. The maximum absolute atomic E-state index is 13.8. The van der Waals surface area contributed by atoms with Crippen LogP contribution in [0.3, 0.4) is 0 Å². The second-order valence-electron chi connectivity index (χ2n) is 5.42. The zero-order valence-corrected chi connectivity index (χ0v) is 14.9. The van der Waals surface area contributed by atoms with E-state index >= 15 is 0 Å². The van der Waals surface area contributed by atoms with Crippen LogP contribution in [0.4, 0.5) is 4.39 Å². The van der Waals surface area contributed by atoms with Gasteiger partial charge in [0.25, 0.3) is 5.91 Å². The molecule has 2 aromatic rings. The predicted octanol–water partition coefficient (Wildman–Crippen LogP) is 2.67. The van der Waals surface area contributed by atoms with Crippen LogP contribution < -0.4 is 10.1 Å². The number of halogens is 1. The molecule has 0 spiro atoms. The zero-order chi connectivity index (χ0) is 18.4. The summed E-state index contributed by atoms with van der Waals surface area (Å²) >= 11 is 0. The van der Waals surface area contributed by atoms with E-state index < -0.39 is 15.7 Å². The van der Waals surface area contributed by atoms with Crippen LogP contribution in [0.15, 0.2) is 42.5 Å². The standard InChI is InChI=1S/C18H20FNO4S/c1-3-25(22,23)10-9-20-18(21)15-6-4-5-13(11-15)14-7-8-17(24-2)16(19)12-14/h4-8,11-12H,3,9-10H2,1-2H3,(H,20,21). The zero-order valence-electron chi connectivity index (χ0n) is 14.1. The van der Waals surface area contributed by atoms with Gasteiger partial charge >= 0.3 is 0 Å². The van der Waals surface area contributed by atoms with Gasteiger partial charge in [-0.25, -0.2) is 12.8 Å². The van der Waals surface area contributed by atoms with Crippen LogP contribution in [0.2, 0.25) is 0 Å². The van der Waals surface area contributed by atoms with Crippen molar-refractivity contribution in [3.05, 3.63) is 53.8 Å². The Bertz CT molecular complexity index is 865. The predicted molar refractivity (Wildman–Crippen MR) is 95.0 cm³/mol. The lowest BCUT2D eigenvalue weighted by atomic mass is 10.0. The number of benzene rings is 2. The van der Waals surface area contributed by atoms with Gasteiger partial charge in [-0.1, -0.05) is 25.1 Å². The summed E-state index contributed by atoms with van der Waals surface area (Å²) in [5.41, 5.74) is 1.67. The Hall–Kier alpha value is -2.41. The Morgan fingerprint density at radius 2 is 1.88 bits per heavy atom. The Balaban J connectivity index is 2.13. The summed E-state index contributed by atoms with van der Waals surface area (Å²) in [4.78, 5) is 12.2. The number of amides is 1. The summed E-state index contributed by atoms with van der Waals surface area (Å²) in [6.45, 7) is 1.62. The van der Waals surface area contributed by atoms with Crippen LogP contribution in [-0.2, 0) is 9.84 Å². The monoisotopic (exact) mass is 365 g/mol. The largest absolute Gasteiger partial charge is 0.494 e. The van der Waals surface area contributed by atoms with Gasteiger partial charge < -0.3 is 10.1 Å². The van der Waals surface area contributed by atoms with Crippen molar-refractivity contribution in [3.8, 4) is 16.9 Å². The minimum Gasteiger partial charge on any atom is -0.494 e. The summed E-state index contributed by atoms with van der Waals surface area (Å²) in [6.07, 6.45) is 0. The second-order valence-corrected chi connectivity index (χ2v) is 7.90. The molecule has 1 amide bonds. The molecule has 25 heavy (non-hydrogen) atoms. The van der Waals surface area contributed by atoms with Crippen LogP contribution >= 0.6 is 0 Å². The molecule has 2 aromatic carbocycles. The smallest absolute Gasteiger partial charge is 0.251 e. The quantitative estimate of drug-likeness (QED) is 0.819. The van der Waals surface area contributed by atoms with Crippen molar-refractivity contribution in [2.45, 2.75) is 6.92 Å². The molecule has 0 radical (unpaired) electrons. The van der Waals surface area contributed by atoms with Gasteiger partial charge in [0, 0.05) is 17.9 Å².